The van der Waals surface area contributed by atoms with Gasteiger partial charge in [-0.25, -0.2) is 18.5 Å². The van der Waals surface area contributed by atoms with Crippen LogP contribution in [0.15, 0.2) is 34.7 Å². The van der Waals surface area contributed by atoms with Crippen LogP contribution in [0, 0.1) is 0 Å². The van der Waals surface area contributed by atoms with Crippen molar-refractivity contribution in [3.8, 4) is 10.6 Å². The molecule has 0 fully saturated rings. The monoisotopic (exact) mass is 274 g/mol. The fourth-order valence-corrected chi connectivity index (χ4v) is 2.80. The zero-order valence-electron chi connectivity index (χ0n) is 7.92. The SMILES string of the molecule is NS(=O)(=O)c1cnc(-c2ccc(Cl)cc2)s1. The Bertz CT molecular complexity index is 605. The third kappa shape index (κ3) is 2.41. The van der Waals surface area contributed by atoms with E-state index in [4.69, 9.17) is 16.7 Å². The van der Waals surface area contributed by atoms with Crippen LogP contribution in [0.5, 0.6) is 0 Å². The highest BCUT2D eigenvalue weighted by atomic mass is 35.5. The third-order valence-electron chi connectivity index (χ3n) is 1.86. The molecule has 0 saturated carbocycles. The number of hydrogen-bond donors (Lipinski definition) is 1. The average Bonchev–Trinajstić information content (AvgIpc) is 2.67. The zero-order valence-corrected chi connectivity index (χ0v) is 10.3. The summed E-state index contributed by atoms with van der Waals surface area (Å²) in [6.45, 7) is 0. The predicted molar refractivity (Wildman–Crippen MR) is 63.9 cm³/mol. The van der Waals surface area contributed by atoms with E-state index in [9.17, 15) is 8.42 Å². The largest absolute Gasteiger partial charge is 0.249 e. The summed E-state index contributed by atoms with van der Waals surface area (Å²) in [5.74, 6) is 0. The van der Waals surface area contributed by atoms with E-state index in [0.717, 1.165) is 16.9 Å². The molecule has 0 amide bonds. The molecule has 2 rings (SSSR count). The molecule has 0 saturated heterocycles. The number of rotatable bonds is 2. The molecule has 0 unspecified atom stereocenters. The fraction of sp³-hybridized carbons (Fsp3) is 0. The van der Waals surface area contributed by atoms with Crippen molar-refractivity contribution in [1.29, 1.82) is 0 Å². The first-order valence-corrected chi connectivity index (χ1v) is 6.95. The van der Waals surface area contributed by atoms with Crippen LogP contribution in [0.25, 0.3) is 10.6 Å². The molecule has 1 aromatic heterocycles. The number of nitrogens with two attached hydrogens (primary N) is 1. The molecule has 1 aromatic carbocycles. The van der Waals surface area contributed by atoms with E-state index in [1.807, 2.05) is 0 Å². The minimum atomic E-state index is -3.67. The summed E-state index contributed by atoms with van der Waals surface area (Å²) in [5, 5.41) is 6.21. The second kappa shape index (κ2) is 4.14. The van der Waals surface area contributed by atoms with E-state index >= 15 is 0 Å². The summed E-state index contributed by atoms with van der Waals surface area (Å²) >= 11 is 6.78. The van der Waals surface area contributed by atoms with Gasteiger partial charge in [-0.3, -0.25) is 0 Å². The third-order valence-corrected chi connectivity index (χ3v) is 4.56. The van der Waals surface area contributed by atoms with Crippen LogP contribution in [0.2, 0.25) is 5.02 Å². The van der Waals surface area contributed by atoms with E-state index in [2.05, 4.69) is 4.98 Å². The summed E-state index contributed by atoms with van der Waals surface area (Å²) in [4.78, 5) is 4.00. The molecule has 7 heteroatoms. The highest BCUT2D eigenvalue weighted by Crippen LogP contribution is 2.27. The quantitative estimate of drug-likeness (QED) is 0.911. The maximum atomic E-state index is 11.1. The lowest BCUT2D eigenvalue weighted by Gasteiger charge is -1.95. The van der Waals surface area contributed by atoms with Crippen LogP contribution in [0.1, 0.15) is 0 Å². The molecule has 0 spiro atoms. The van der Waals surface area contributed by atoms with Gasteiger partial charge in [0, 0.05) is 10.6 Å². The molecule has 0 aliphatic rings. The van der Waals surface area contributed by atoms with Crippen molar-refractivity contribution >= 4 is 33.0 Å². The number of aromatic nitrogens is 1. The molecule has 0 atom stereocenters. The van der Waals surface area contributed by atoms with E-state index in [1.165, 1.54) is 6.20 Å². The summed E-state index contributed by atoms with van der Waals surface area (Å²) in [6.07, 6.45) is 1.25. The van der Waals surface area contributed by atoms with Crippen LogP contribution in [-0.4, -0.2) is 13.4 Å². The highest BCUT2D eigenvalue weighted by molar-refractivity contribution is 7.91. The lowest BCUT2D eigenvalue weighted by Crippen LogP contribution is -2.09. The standard InChI is InChI=1S/C9H7ClN2O2S2/c10-7-3-1-6(2-4-7)9-12-5-8(15-9)16(11,13)14/h1-5H,(H2,11,13,14). The maximum absolute atomic E-state index is 11.1. The van der Waals surface area contributed by atoms with Gasteiger partial charge in [0.25, 0.3) is 0 Å². The van der Waals surface area contributed by atoms with Crippen molar-refractivity contribution < 1.29 is 8.42 Å². The Morgan fingerprint density at radius 1 is 1.25 bits per heavy atom. The fourth-order valence-electron chi connectivity index (χ4n) is 1.12. The maximum Gasteiger partial charge on any atom is 0.249 e. The van der Waals surface area contributed by atoms with E-state index < -0.39 is 10.0 Å². The number of halogens is 1. The smallest absolute Gasteiger partial charge is 0.243 e. The second-order valence-electron chi connectivity index (χ2n) is 3.04. The van der Waals surface area contributed by atoms with Crippen LogP contribution < -0.4 is 5.14 Å². The van der Waals surface area contributed by atoms with Crippen LogP contribution >= 0.6 is 22.9 Å². The molecular weight excluding hydrogens is 268 g/mol. The highest BCUT2D eigenvalue weighted by Gasteiger charge is 2.13. The van der Waals surface area contributed by atoms with Gasteiger partial charge in [0.2, 0.25) is 10.0 Å². The first kappa shape index (κ1) is 11.5. The summed E-state index contributed by atoms with van der Waals surface area (Å²) in [5.41, 5.74) is 0.810. The van der Waals surface area contributed by atoms with Gasteiger partial charge in [-0.05, 0) is 12.1 Å². The first-order valence-electron chi connectivity index (χ1n) is 4.21. The van der Waals surface area contributed by atoms with Crippen LogP contribution in [0.3, 0.4) is 0 Å². The molecule has 84 valence electrons. The molecule has 1 heterocycles. The van der Waals surface area contributed by atoms with Gasteiger partial charge in [-0.1, -0.05) is 23.7 Å². The number of benzene rings is 1. The Hall–Kier alpha value is -0.950. The number of hydrogen-bond acceptors (Lipinski definition) is 4. The summed E-state index contributed by atoms with van der Waals surface area (Å²) in [7, 11) is -3.67. The van der Waals surface area contributed by atoms with Gasteiger partial charge < -0.3 is 0 Å². The Kier molecular flexibility index (Phi) is 2.98. The van der Waals surface area contributed by atoms with Gasteiger partial charge in [0.05, 0.1) is 6.20 Å². The number of thiazole rings is 1. The number of sulfonamides is 1. The van der Waals surface area contributed by atoms with Crippen LogP contribution in [-0.2, 0) is 10.0 Å². The lowest BCUT2D eigenvalue weighted by molar-refractivity contribution is 0.599. The molecule has 2 aromatic rings. The van der Waals surface area contributed by atoms with Crippen molar-refractivity contribution in [1.82, 2.24) is 4.98 Å². The van der Waals surface area contributed by atoms with E-state index in [0.29, 0.717) is 10.0 Å². The summed E-state index contributed by atoms with van der Waals surface area (Å²) < 4.78 is 22.2. The minimum Gasteiger partial charge on any atom is -0.243 e. The average molecular weight is 275 g/mol. The molecule has 0 bridgehead atoms. The van der Waals surface area contributed by atoms with Gasteiger partial charge in [0.15, 0.2) is 4.21 Å². The number of nitrogens with zero attached hydrogens (tertiary/aromatic N) is 1. The molecule has 2 N–H and O–H groups in total. The normalized spacial score (nSPS) is 11.6. The molecule has 4 nitrogen and oxygen atoms in total. The first-order chi connectivity index (χ1) is 7.47. The van der Waals surface area contributed by atoms with Crippen molar-refractivity contribution in [2.75, 3.05) is 0 Å². The Balaban J connectivity index is 2.43. The molecule has 0 aliphatic carbocycles. The minimum absolute atomic E-state index is 0.0532. The van der Waals surface area contributed by atoms with Gasteiger partial charge in [-0.2, -0.15) is 0 Å². The van der Waals surface area contributed by atoms with Crippen molar-refractivity contribution in [3.05, 3.63) is 35.5 Å². The van der Waals surface area contributed by atoms with Gasteiger partial charge >= 0.3 is 0 Å². The van der Waals surface area contributed by atoms with Crippen molar-refractivity contribution in [2.24, 2.45) is 5.14 Å². The number of primary sulfonamides is 1. The molecule has 0 aliphatic heterocycles. The molecule has 0 radical (unpaired) electrons. The van der Waals surface area contributed by atoms with E-state index in [1.54, 1.807) is 24.3 Å². The zero-order chi connectivity index (χ0) is 11.8. The van der Waals surface area contributed by atoms with Gasteiger partial charge in [0.1, 0.15) is 5.01 Å². The lowest BCUT2D eigenvalue weighted by atomic mass is 10.2. The Morgan fingerprint density at radius 2 is 1.88 bits per heavy atom. The van der Waals surface area contributed by atoms with Crippen LogP contribution in [0.4, 0.5) is 0 Å². The molecule has 16 heavy (non-hydrogen) atoms. The van der Waals surface area contributed by atoms with Gasteiger partial charge in [-0.15, -0.1) is 11.3 Å². The second-order valence-corrected chi connectivity index (χ2v) is 6.29. The predicted octanol–water partition coefficient (Wildman–Crippen LogP) is 2.11. The van der Waals surface area contributed by atoms with E-state index in [-0.39, 0.29) is 4.21 Å². The summed E-state index contributed by atoms with van der Waals surface area (Å²) in [6, 6.07) is 6.98. The van der Waals surface area contributed by atoms with Crippen molar-refractivity contribution in [3.63, 3.8) is 0 Å². The van der Waals surface area contributed by atoms with Crippen molar-refractivity contribution in [2.45, 2.75) is 4.21 Å². The Labute approximate surface area is 102 Å². The Morgan fingerprint density at radius 3 is 2.38 bits per heavy atom. The topological polar surface area (TPSA) is 73.1 Å². The molecular formula is C9H7ClN2O2S2.